The molecule has 3 saturated heterocycles. The van der Waals surface area contributed by atoms with E-state index in [1.54, 1.807) is 4.90 Å². The van der Waals surface area contributed by atoms with Crippen molar-refractivity contribution in [3.05, 3.63) is 34.9 Å². The van der Waals surface area contributed by atoms with Gasteiger partial charge >= 0.3 is 0 Å². The standard InChI is InChI=1S/C23H30N4O3/c28-21-5-4-20(22(29)25-21)27-14-19-17(2-1-3-18(19)23(27)30)13-26-10-7-15(8-11-26)16-6-9-24-12-16/h1-3,15-16,20,24H,4-14H2,(H,25,28,29). The van der Waals surface area contributed by atoms with E-state index in [4.69, 9.17) is 0 Å². The lowest BCUT2D eigenvalue weighted by molar-refractivity contribution is -0.136. The maximum Gasteiger partial charge on any atom is 0.255 e. The molecule has 160 valence electrons. The van der Waals surface area contributed by atoms with Gasteiger partial charge in [-0.15, -0.1) is 0 Å². The molecule has 2 N–H and O–H groups in total. The van der Waals surface area contributed by atoms with Crippen molar-refractivity contribution < 1.29 is 14.4 Å². The smallest absolute Gasteiger partial charge is 0.255 e. The van der Waals surface area contributed by atoms with Gasteiger partial charge in [-0.3, -0.25) is 24.6 Å². The maximum absolute atomic E-state index is 13.0. The first-order chi connectivity index (χ1) is 14.6. The van der Waals surface area contributed by atoms with Crippen LogP contribution in [0.5, 0.6) is 0 Å². The molecule has 7 nitrogen and oxygen atoms in total. The fourth-order valence-corrected chi connectivity index (χ4v) is 5.70. The molecule has 0 saturated carbocycles. The van der Waals surface area contributed by atoms with Crippen molar-refractivity contribution in [1.29, 1.82) is 0 Å². The third-order valence-electron chi connectivity index (χ3n) is 7.47. The van der Waals surface area contributed by atoms with Crippen LogP contribution in [0.25, 0.3) is 0 Å². The summed E-state index contributed by atoms with van der Waals surface area (Å²) in [5.74, 6) is 0.985. The van der Waals surface area contributed by atoms with E-state index in [0.717, 1.165) is 37.0 Å². The van der Waals surface area contributed by atoms with Gasteiger partial charge in [-0.1, -0.05) is 12.1 Å². The zero-order valence-corrected chi connectivity index (χ0v) is 17.4. The van der Waals surface area contributed by atoms with Gasteiger partial charge in [0.1, 0.15) is 6.04 Å². The fraction of sp³-hybridized carbons (Fsp3) is 0.609. The maximum atomic E-state index is 13.0. The predicted molar refractivity (Wildman–Crippen MR) is 111 cm³/mol. The van der Waals surface area contributed by atoms with E-state index in [1.165, 1.54) is 37.9 Å². The molecule has 3 amide bonds. The Morgan fingerprint density at radius 1 is 1.00 bits per heavy atom. The molecule has 2 unspecified atom stereocenters. The summed E-state index contributed by atoms with van der Waals surface area (Å²) in [6.45, 7) is 5.87. The molecule has 2 atom stereocenters. The number of hydrogen-bond donors (Lipinski definition) is 2. The molecule has 0 radical (unpaired) electrons. The first kappa shape index (κ1) is 19.7. The van der Waals surface area contributed by atoms with Crippen LogP contribution in [0.3, 0.4) is 0 Å². The lowest BCUT2D eigenvalue weighted by atomic mass is 9.83. The summed E-state index contributed by atoms with van der Waals surface area (Å²) in [5.41, 5.74) is 2.95. The van der Waals surface area contributed by atoms with E-state index >= 15 is 0 Å². The Bertz CT molecular complexity index is 856. The van der Waals surface area contributed by atoms with Crippen molar-refractivity contribution in [1.82, 2.24) is 20.4 Å². The van der Waals surface area contributed by atoms with Crippen molar-refractivity contribution in [2.24, 2.45) is 11.8 Å². The lowest BCUT2D eigenvalue weighted by Crippen LogP contribution is -2.52. The van der Waals surface area contributed by atoms with Gasteiger partial charge in [-0.2, -0.15) is 0 Å². The minimum absolute atomic E-state index is 0.0891. The van der Waals surface area contributed by atoms with Crippen molar-refractivity contribution in [3.63, 3.8) is 0 Å². The first-order valence-corrected chi connectivity index (χ1v) is 11.3. The summed E-state index contributed by atoms with van der Waals surface area (Å²) < 4.78 is 0. The summed E-state index contributed by atoms with van der Waals surface area (Å²) in [5, 5.41) is 5.87. The quantitative estimate of drug-likeness (QED) is 0.731. The summed E-state index contributed by atoms with van der Waals surface area (Å²) in [6, 6.07) is 5.39. The topological polar surface area (TPSA) is 81.8 Å². The monoisotopic (exact) mass is 410 g/mol. The molecule has 0 aliphatic carbocycles. The number of benzene rings is 1. The normalized spacial score (nSPS) is 28.1. The number of rotatable bonds is 4. The van der Waals surface area contributed by atoms with Gasteiger partial charge in [0, 0.05) is 25.1 Å². The number of imide groups is 1. The Hall–Kier alpha value is -2.25. The molecule has 4 heterocycles. The minimum atomic E-state index is -0.550. The van der Waals surface area contributed by atoms with E-state index in [2.05, 4.69) is 21.6 Å². The highest BCUT2D eigenvalue weighted by Gasteiger charge is 2.40. The molecular weight excluding hydrogens is 380 g/mol. The highest BCUT2D eigenvalue weighted by molar-refractivity contribution is 6.05. The largest absolute Gasteiger partial charge is 0.322 e. The van der Waals surface area contributed by atoms with Crippen LogP contribution >= 0.6 is 0 Å². The van der Waals surface area contributed by atoms with E-state index in [-0.39, 0.29) is 24.1 Å². The third-order valence-corrected chi connectivity index (χ3v) is 7.47. The van der Waals surface area contributed by atoms with Gasteiger partial charge < -0.3 is 10.2 Å². The molecule has 3 fully saturated rings. The SMILES string of the molecule is O=C1CCC(N2Cc3c(CN4CCC(C5CCNC5)CC4)cccc3C2=O)C(=O)N1. The van der Waals surface area contributed by atoms with Crippen LogP contribution in [0, 0.1) is 11.8 Å². The second-order valence-corrected chi connectivity index (χ2v) is 9.21. The van der Waals surface area contributed by atoms with Gasteiger partial charge in [0.15, 0.2) is 0 Å². The number of nitrogens with one attached hydrogen (secondary N) is 2. The number of hydrogen-bond acceptors (Lipinski definition) is 5. The van der Waals surface area contributed by atoms with E-state index < -0.39 is 6.04 Å². The van der Waals surface area contributed by atoms with Crippen molar-refractivity contribution >= 4 is 17.7 Å². The van der Waals surface area contributed by atoms with Gasteiger partial charge in [-0.25, -0.2) is 0 Å². The highest BCUT2D eigenvalue weighted by Crippen LogP contribution is 2.33. The highest BCUT2D eigenvalue weighted by atomic mass is 16.2. The van der Waals surface area contributed by atoms with Crippen LogP contribution in [0.4, 0.5) is 0 Å². The van der Waals surface area contributed by atoms with Crippen LogP contribution < -0.4 is 10.6 Å². The Labute approximate surface area is 177 Å². The molecule has 1 aromatic carbocycles. The number of piperidine rings is 2. The molecule has 1 aromatic rings. The van der Waals surface area contributed by atoms with Crippen LogP contribution in [0.1, 0.15) is 53.6 Å². The van der Waals surface area contributed by atoms with E-state index in [9.17, 15) is 14.4 Å². The number of nitrogens with zero attached hydrogens (tertiary/aromatic N) is 2. The van der Waals surface area contributed by atoms with Crippen LogP contribution in [0.2, 0.25) is 0 Å². The summed E-state index contributed by atoms with van der Waals surface area (Å²) in [4.78, 5) is 40.9. The molecule has 0 aromatic heterocycles. The second kappa shape index (κ2) is 8.12. The first-order valence-electron chi connectivity index (χ1n) is 11.3. The third kappa shape index (κ3) is 3.65. The molecule has 0 bridgehead atoms. The van der Waals surface area contributed by atoms with Crippen molar-refractivity contribution in [2.45, 2.75) is 51.2 Å². The zero-order chi connectivity index (χ0) is 20.7. The molecule has 5 rings (SSSR count). The van der Waals surface area contributed by atoms with Crippen molar-refractivity contribution in [3.8, 4) is 0 Å². The van der Waals surface area contributed by atoms with Gasteiger partial charge in [-0.05, 0) is 80.9 Å². The molecule has 4 aliphatic heterocycles. The average molecular weight is 411 g/mol. The van der Waals surface area contributed by atoms with Gasteiger partial charge in [0.2, 0.25) is 11.8 Å². The Morgan fingerprint density at radius 2 is 1.83 bits per heavy atom. The Balaban J connectivity index is 1.26. The number of likely N-dealkylation sites (tertiary alicyclic amines) is 1. The zero-order valence-electron chi connectivity index (χ0n) is 17.4. The Morgan fingerprint density at radius 3 is 2.57 bits per heavy atom. The van der Waals surface area contributed by atoms with Crippen LogP contribution in [-0.2, 0) is 22.7 Å². The van der Waals surface area contributed by atoms with Crippen LogP contribution in [-0.4, -0.2) is 59.7 Å². The molecular formula is C23H30N4O3. The number of carbonyl (C=O) groups excluding carboxylic acids is 3. The van der Waals surface area contributed by atoms with Crippen LogP contribution in [0.15, 0.2) is 18.2 Å². The minimum Gasteiger partial charge on any atom is -0.322 e. The van der Waals surface area contributed by atoms with E-state index in [0.29, 0.717) is 18.5 Å². The summed E-state index contributed by atoms with van der Waals surface area (Å²) >= 11 is 0. The number of amides is 3. The fourth-order valence-electron chi connectivity index (χ4n) is 5.70. The van der Waals surface area contributed by atoms with Gasteiger partial charge in [0.05, 0.1) is 0 Å². The van der Waals surface area contributed by atoms with Crippen molar-refractivity contribution in [2.75, 3.05) is 26.2 Å². The number of fused-ring (bicyclic) bond motifs is 1. The molecule has 0 spiro atoms. The summed E-state index contributed by atoms with van der Waals surface area (Å²) in [6.07, 6.45) is 4.51. The molecule has 30 heavy (non-hydrogen) atoms. The summed E-state index contributed by atoms with van der Waals surface area (Å²) in [7, 11) is 0. The number of carbonyl (C=O) groups is 3. The molecule has 4 aliphatic rings. The van der Waals surface area contributed by atoms with E-state index in [1.807, 2.05) is 12.1 Å². The van der Waals surface area contributed by atoms with Gasteiger partial charge in [0.25, 0.3) is 5.91 Å². The molecule has 7 heteroatoms. The second-order valence-electron chi connectivity index (χ2n) is 9.21. The average Bonchev–Trinajstić information content (AvgIpc) is 3.39. The predicted octanol–water partition coefficient (Wildman–Crippen LogP) is 1.27. The lowest BCUT2D eigenvalue weighted by Gasteiger charge is -2.35. The Kier molecular flexibility index (Phi) is 5.33.